The summed E-state index contributed by atoms with van der Waals surface area (Å²) < 4.78 is 22.9. The van der Waals surface area contributed by atoms with Crippen LogP contribution in [0.25, 0.3) is 0 Å². The van der Waals surface area contributed by atoms with E-state index in [0.29, 0.717) is 17.0 Å². The first-order valence-electron chi connectivity index (χ1n) is 6.74. The molecule has 1 saturated heterocycles. The Labute approximate surface area is 123 Å². The van der Waals surface area contributed by atoms with E-state index in [9.17, 15) is 13.2 Å². The van der Waals surface area contributed by atoms with Crippen molar-refractivity contribution in [2.75, 3.05) is 13.1 Å². The number of hydrogen-bond donors (Lipinski definition) is 1. The Morgan fingerprint density at radius 1 is 1.45 bits per heavy atom. The van der Waals surface area contributed by atoms with Gasteiger partial charge in [-0.05, 0) is 31.2 Å². The monoisotopic (exact) mass is 316 g/mol. The first kappa shape index (κ1) is 15.5. The van der Waals surface area contributed by atoms with Crippen LogP contribution in [0.2, 0.25) is 0 Å². The summed E-state index contributed by atoms with van der Waals surface area (Å²) >= 11 is 1.02. The average Bonchev–Trinajstić information content (AvgIpc) is 2.80. The quantitative estimate of drug-likeness (QED) is 0.925. The smallest absolute Gasteiger partial charge is 0.255 e. The summed E-state index contributed by atoms with van der Waals surface area (Å²) in [7, 11) is -3.74. The van der Waals surface area contributed by atoms with Gasteiger partial charge in [-0.3, -0.25) is 4.79 Å². The Hall–Kier alpha value is -0.920. The van der Waals surface area contributed by atoms with Crippen LogP contribution in [0, 0.1) is 12.8 Å². The molecule has 1 aromatic rings. The van der Waals surface area contributed by atoms with Gasteiger partial charge in [0, 0.05) is 18.5 Å². The molecule has 20 heavy (non-hydrogen) atoms. The van der Waals surface area contributed by atoms with Crippen molar-refractivity contribution in [2.45, 2.75) is 37.3 Å². The Balaban J connectivity index is 2.17. The second-order valence-electron chi connectivity index (χ2n) is 5.25. The van der Waals surface area contributed by atoms with E-state index in [4.69, 9.17) is 5.14 Å². The minimum Gasteiger partial charge on any atom is -0.339 e. The van der Waals surface area contributed by atoms with Crippen LogP contribution in [0.4, 0.5) is 0 Å². The predicted octanol–water partition coefficient (Wildman–Crippen LogP) is 1.97. The Bertz CT molecular complexity index is 599. The lowest BCUT2D eigenvalue weighted by Gasteiger charge is -2.31. The maximum atomic E-state index is 12.5. The average molecular weight is 316 g/mol. The number of hydrogen-bond acceptors (Lipinski definition) is 4. The first-order chi connectivity index (χ1) is 9.34. The molecule has 0 atom stereocenters. The highest BCUT2D eigenvalue weighted by Crippen LogP contribution is 2.28. The van der Waals surface area contributed by atoms with Crippen molar-refractivity contribution in [1.29, 1.82) is 0 Å². The molecule has 0 bridgehead atoms. The van der Waals surface area contributed by atoms with E-state index in [0.717, 1.165) is 43.7 Å². The van der Waals surface area contributed by atoms with E-state index in [1.165, 1.54) is 0 Å². The molecule has 0 unspecified atom stereocenters. The van der Waals surface area contributed by atoms with E-state index in [1.54, 1.807) is 12.3 Å². The first-order valence-corrected chi connectivity index (χ1v) is 9.17. The van der Waals surface area contributed by atoms with Gasteiger partial charge in [-0.1, -0.05) is 13.3 Å². The zero-order chi connectivity index (χ0) is 14.9. The summed E-state index contributed by atoms with van der Waals surface area (Å²) in [5.41, 5.74) is 0.939. The topological polar surface area (TPSA) is 80.5 Å². The molecule has 1 aliphatic rings. The maximum Gasteiger partial charge on any atom is 0.255 e. The third kappa shape index (κ3) is 3.05. The predicted molar refractivity (Wildman–Crippen MR) is 79.3 cm³/mol. The maximum absolute atomic E-state index is 12.5. The molecule has 0 spiro atoms. The van der Waals surface area contributed by atoms with Crippen LogP contribution in [0.3, 0.4) is 0 Å². The van der Waals surface area contributed by atoms with Crippen molar-refractivity contribution in [1.82, 2.24) is 4.90 Å². The Kier molecular flexibility index (Phi) is 4.51. The van der Waals surface area contributed by atoms with Crippen LogP contribution in [0.15, 0.2) is 9.59 Å². The molecule has 0 radical (unpaired) electrons. The fraction of sp³-hybridized carbons (Fsp3) is 0.615. The summed E-state index contributed by atoms with van der Waals surface area (Å²) in [6, 6.07) is 0. The minimum atomic E-state index is -3.74. The van der Waals surface area contributed by atoms with E-state index < -0.39 is 10.0 Å². The van der Waals surface area contributed by atoms with Gasteiger partial charge in [-0.25, -0.2) is 13.6 Å². The van der Waals surface area contributed by atoms with Crippen LogP contribution in [-0.4, -0.2) is 32.3 Å². The molecule has 0 aromatic carbocycles. The van der Waals surface area contributed by atoms with Gasteiger partial charge in [0.15, 0.2) is 0 Å². The van der Waals surface area contributed by atoms with E-state index in [2.05, 4.69) is 6.92 Å². The molecule has 0 saturated carbocycles. The number of rotatable bonds is 3. The lowest BCUT2D eigenvalue weighted by Crippen LogP contribution is -2.38. The standard InChI is InChI=1S/C13H20N2O3S2/c1-3-10-4-6-15(7-5-10)12(16)11-8-19-13(9(11)2)20(14,17)18/h8,10H,3-7H2,1-2H3,(H2,14,17,18). The summed E-state index contributed by atoms with van der Waals surface area (Å²) in [5, 5.41) is 6.74. The highest BCUT2D eigenvalue weighted by Gasteiger charge is 2.27. The molecule has 5 nitrogen and oxygen atoms in total. The van der Waals surface area contributed by atoms with E-state index >= 15 is 0 Å². The van der Waals surface area contributed by atoms with E-state index in [-0.39, 0.29) is 10.1 Å². The Morgan fingerprint density at radius 2 is 2.05 bits per heavy atom. The summed E-state index contributed by atoms with van der Waals surface area (Å²) in [4.78, 5) is 14.3. The van der Waals surface area contributed by atoms with Crippen LogP contribution in [0.1, 0.15) is 42.1 Å². The lowest BCUT2D eigenvalue weighted by atomic mass is 9.94. The van der Waals surface area contributed by atoms with Gasteiger partial charge >= 0.3 is 0 Å². The number of amides is 1. The van der Waals surface area contributed by atoms with Gasteiger partial charge in [-0.15, -0.1) is 11.3 Å². The SMILES string of the molecule is CCC1CCN(C(=O)c2csc(S(N)(=O)=O)c2C)CC1. The van der Waals surface area contributed by atoms with Gasteiger partial charge < -0.3 is 4.90 Å². The molecule has 1 aliphatic heterocycles. The molecule has 7 heteroatoms. The number of sulfonamides is 1. The summed E-state index contributed by atoms with van der Waals surface area (Å²) in [6.07, 6.45) is 3.19. The zero-order valence-electron chi connectivity index (χ0n) is 11.8. The second kappa shape index (κ2) is 5.83. The number of carbonyl (C=O) groups is 1. The minimum absolute atomic E-state index is 0.0804. The number of nitrogens with zero attached hydrogens (tertiary/aromatic N) is 1. The number of piperidine rings is 1. The number of primary sulfonamides is 1. The molecular formula is C13H20N2O3S2. The van der Waals surface area contributed by atoms with Crippen molar-refractivity contribution >= 4 is 27.3 Å². The molecule has 1 fully saturated rings. The van der Waals surface area contributed by atoms with Crippen LogP contribution < -0.4 is 5.14 Å². The third-order valence-electron chi connectivity index (χ3n) is 3.96. The molecule has 0 aliphatic carbocycles. The molecular weight excluding hydrogens is 296 g/mol. The van der Waals surface area contributed by atoms with Gasteiger partial charge in [0.25, 0.3) is 5.91 Å². The van der Waals surface area contributed by atoms with Crippen LogP contribution >= 0.6 is 11.3 Å². The molecule has 1 aromatic heterocycles. The molecule has 1 amide bonds. The fourth-order valence-electron chi connectivity index (χ4n) is 2.61. The summed E-state index contributed by atoms with van der Waals surface area (Å²) in [5.74, 6) is 0.616. The van der Waals surface area contributed by atoms with Gasteiger partial charge in [0.05, 0.1) is 5.56 Å². The number of likely N-dealkylation sites (tertiary alicyclic amines) is 1. The number of thiophene rings is 1. The van der Waals surface area contributed by atoms with Crippen molar-refractivity contribution in [2.24, 2.45) is 11.1 Å². The molecule has 2 N–H and O–H groups in total. The van der Waals surface area contributed by atoms with Gasteiger partial charge in [0.1, 0.15) is 4.21 Å². The largest absolute Gasteiger partial charge is 0.339 e. The van der Waals surface area contributed by atoms with Crippen LogP contribution in [-0.2, 0) is 10.0 Å². The normalized spacial score (nSPS) is 17.4. The van der Waals surface area contributed by atoms with Crippen molar-refractivity contribution in [3.63, 3.8) is 0 Å². The highest BCUT2D eigenvalue weighted by molar-refractivity contribution is 7.91. The second-order valence-corrected chi connectivity index (χ2v) is 7.89. The molecule has 112 valence electrons. The van der Waals surface area contributed by atoms with E-state index in [1.807, 2.05) is 4.90 Å². The number of carbonyl (C=O) groups excluding carboxylic acids is 1. The zero-order valence-corrected chi connectivity index (χ0v) is 13.4. The Morgan fingerprint density at radius 3 is 2.50 bits per heavy atom. The van der Waals surface area contributed by atoms with Gasteiger partial charge in [-0.2, -0.15) is 0 Å². The van der Waals surface area contributed by atoms with Gasteiger partial charge in [0.2, 0.25) is 10.0 Å². The lowest BCUT2D eigenvalue weighted by molar-refractivity contribution is 0.0688. The van der Waals surface area contributed by atoms with Crippen molar-refractivity contribution in [3.8, 4) is 0 Å². The van der Waals surface area contributed by atoms with Crippen LogP contribution in [0.5, 0.6) is 0 Å². The fourth-order valence-corrected chi connectivity index (χ4v) is 4.61. The summed E-state index contributed by atoms with van der Waals surface area (Å²) in [6.45, 7) is 5.31. The molecule has 2 rings (SSSR count). The molecule has 2 heterocycles. The van der Waals surface area contributed by atoms with Crippen molar-refractivity contribution in [3.05, 3.63) is 16.5 Å². The highest BCUT2D eigenvalue weighted by atomic mass is 32.2. The third-order valence-corrected chi connectivity index (χ3v) is 6.64. The van der Waals surface area contributed by atoms with Crippen molar-refractivity contribution < 1.29 is 13.2 Å². The number of nitrogens with two attached hydrogens (primary N) is 1.